The second-order valence-electron chi connectivity index (χ2n) is 9.05. The quantitative estimate of drug-likeness (QED) is 0.143. The Balaban J connectivity index is 1.50. The van der Waals surface area contributed by atoms with E-state index in [1.807, 2.05) is 49.4 Å². The predicted octanol–water partition coefficient (Wildman–Crippen LogP) is 6.23. The molecule has 0 spiro atoms. The first-order chi connectivity index (χ1) is 20.4. The molecule has 0 heterocycles. The van der Waals surface area contributed by atoms with Gasteiger partial charge in [0.1, 0.15) is 5.70 Å². The highest BCUT2D eigenvalue weighted by atomic mass is 32.2. The lowest BCUT2D eigenvalue weighted by Gasteiger charge is -2.14. The Labute approximate surface area is 249 Å². The van der Waals surface area contributed by atoms with E-state index in [1.165, 1.54) is 32.1 Å². The minimum atomic E-state index is -0.528. The van der Waals surface area contributed by atoms with E-state index < -0.39 is 11.8 Å². The van der Waals surface area contributed by atoms with Crippen LogP contribution in [0.5, 0.6) is 11.5 Å². The van der Waals surface area contributed by atoms with Gasteiger partial charge in [-0.15, -0.1) is 11.8 Å². The highest BCUT2D eigenvalue weighted by Crippen LogP contribution is 2.32. The van der Waals surface area contributed by atoms with Gasteiger partial charge in [0.05, 0.1) is 19.5 Å². The smallest absolute Gasteiger partial charge is 0.272 e. The molecule has 8 nitrogen and oxygen atoms in total. The minimum Gasteiger partial charge on any atom is -0.493 e. The number of nitrogens with one attached hydrogen (secondary N) is 3. The maximum Gasteiger partial charge on any atom is 0.272 e. The van der Waals surface area contributed by atoms with E-state index in [9.17, 15) is 14.4 Å². The minimum absolute atomic E-state index is 0.0139. The molecule has 0 aliphatic rings. The summed E-state index contributed by atoms with van der Waals surface area (Å²) in [5, 5.41) is 8.12. The third-order valence-corrected chi connectivity index (χ3v) is 7.21. The molecule has 0 aromatic heterocycles. The number of ether oxygens (including phenoxy) is 2. The lowest BCUT2D eigenvalue weighted by atomic mass is 10.1. The number of anilines is 2. The topological polar surface area (TPSA) is 106 Å². The lowest BCUT2D eigenvalue weighted by molar-refractivity contribution is -0.115. The summed E-state index contributed by atoms with van der Waals surface area (Å²) in [5.41, 5.74) is 2.22. The Morgan fingerprint density at radius 2 is 1.38 bits per heavy atom. The Morgan fingerprint density at radius 3 is 2.02 bits per heavy atom. The fraction of sp³-hybridized carbons (Fsp3) is 0.121. The number of amides is 3. The maximum atomic E-state index is 13.4. The van der Waals surface area contributed by atoms with E-state index in [1.54, 1.807) is 60.7 Å². The van der Waals surface area contributed by atoms with Crippen LogP contribution in [0.2, 0.25) is 0 Å². The molecule has 9 heteroatoms. The van der Waals surface area contributed by atoms with Crippen molar-refractivity contribution in [3.8, 4) is 11.5 Å². The molecular formula is C33H31N3O5S. The SMILES string of the molecule is COc1cccc(/C=C(\NC(=O)c2ccccc2)C(=O)Nc2ccc(SC(C)C(=O)Nc3ccccc3)cc2)c1OC. The van der Waals surface area contributed by atoms with Gasteiger partial charge in [-0.3, -0.25) is 14.4 Å². The van der Waals surface area contributed by atoms with Crippen molar-refractivity contribution in [1.82, 2.24) is 5.32 Å². The van der Waals surface area contributed by atoms with Gasteiger partial charge in [-0.2, -0.15) is 0 Å². The molecule has 42 heavy (non-hydrogen) atoms. The van der Waals surface area contributed by atoms with Gasteiger partial charge in [0.2, 0.25) is 5.91 Å². The van der Waals surface area contributed by atoms with Crippen LogP contribution in [-0.4, -0.2) is 37.2 Å². The fourth-order valence-corrected chi connectivity index (χ4v) is 4.83. The Kier molecular flexibility index (Phi) is 10.4. The third-order valence-electron chi connectivity index (χ3n) is 6.10. The van der Waals surface area contributed by atoms with Crippen molar-refractivity contribution in [3.63, 3.8) is 0 Å². The number of rotatable bonds is 11. The van der Waals surface area contributed by atoms with Gasteiger partial charge in [0.15, 0.2) is 11.5 Å². The molecule has 1 atom stereocenters. The van der Waals surface area contributed by atoms with Crippen LogP contribution in [0.1, 0.15) is 22.8 Å². The molecule has 0 saturated carbocycles. The molecule has 4 aromatic rings. The molecule has 0 aliphatic carbocycles. The van der Waals surface area contributed by atoms with Crippen molar-refractivity contribution in [1.29, 1.82) is 0 Å². The molecule has 4 rings (SSSR count). The van der Waals surface area contributed by atoms with Gasteiger partial charge in [0, 0.05) is 27.4 Å². The molecule has 0 aliphatic heterocycles. The van der Waals surface area contributed by atoms with Gasteiger partial charge in [0.25, 0.3) is 11.8 Å². The van der Waals surface area contributed by atoms with Crippen molar-refractivity contribution in [2.24, 2.45) is 0 Å². The standard InChI is InChI=1S/C33H31N3O5S/c1-22(31(37)34-25-14-8-5-9-15-25)42-27-19-17-26(18-20-27)35-33(39)28(36-32(38)23-11-6-4-7-12-23)21-24-13-10-16-29(40-2)30(24)41-3/h4-22H,1-3H3,(H,34,37)(H,35,39)(H,36,38)/b28-21-. The highest BCUT2D eigenvalue weighted by Gasteiger charge is 2.18. The van der Waals surface area contributed by atoms with E-state index >= 15 is 0 Å². The lowest BCUT2D eigenvalue weighted by Crippen LogP contribution is -2.30. The van der Waals surface area contributed by atoms with Crippen LogP contribution in [-0.2, 0) is 9.59 Å². The van der Waals surface area contributed by atoms with Crippen molar-refractivity contribution >= 4 is 46.9 Å². The van der Waals surface area contributed by atoms with Crippen LogP contribution >= 0.6 is 11.8 Å². The number of carbonyl (C=O) groups excluding carboxylic acids is 3. The van der Waals surface area contributed by atoms with Gasteiger partial charge < -0.3 is 25.4 Å². The summed E-state index contributed by atoms with van der Waals surface area (Å²) in [4.78, 5) is 39.9. The van der Waals surface area contributed by atoms with Crippen molar-refractivity contribution < 1.29 is 23.9 Å². The molecule has 0 bridgehead atoms. The third kappa shape index (κ3) is 8.02. The number of methoxy groups -OCH3 is 2. The van der Waals surface area contributed by atoms with Crippen molar-refractivity contribution in [2.75, 3.05) is 24.9 Å². The van der Waals surface area contributed by atoms with Gasteiger partial charge >= 0.3 is 0 Å². The predicted molar refractivity (Wildman–Crippen MR) is 167 cm³/mol. The largest absolute Gasteiger partial charge is 0.493 e. The average Bonchev–Trinajstić information content (AvgIpc) is 3.02. The number of carbonyl (C=O) groups is 3. The molecule has 0 fully saturated rings. The van der Waals surface area contributed by atoms with Crippen LogP contribution in [0, 0.1) is 0 Å². The second kappa shape index (κ2) is 14.6. The summed E-state index contributed by atoms with van der Waals surface area (Å²) < 4.78 is 10.9. The molecule has 214 valence electrons. The van der Waals surface area contributed by atoms with Crippen LogP contribution in [0.4, 0.5) is 11.4 Å². The average molecular weight is 582 g/mol. The molecule has 4 aromatic carbocycles. The number of benzene rings is 4. The summed E-state index contributed by atoms with van der Waals surface area (Å²) in [6.07, 6.45) is 1.54. The number of thioether (sulfide) groups is 1. The first kappa shape index (κ1) is 30.0. The maximum absolute atomic E-state index is 13.4. The van der Waals surface area contributed by atoms with E-state index in [-0.39, 0.29) is 16.9 Å². The van der Waals surface area contributed by atoms with Crippen LogP contribution in [0.25, 0.3) is 6.08 Å². The first-order valence-corrected chi connectivity index (χ1v) is 14.0. The van der Waals surface area contributed by atoms with Gasteiger partial charge in [-0.25, -0.2) is 0 Å². The summed E-state index contributed by atoms with van der Waals surface area (Å²) in [6.45, 7) is 1.83. The molecule has 3 amide bonds. The van der Waals surface area contributed by atoms with E-state index in [4.69, 9.17) is 9.47 Å². The Hall–Kier alpha value is -5.02. The summed E-state index contributed by atoms with van der Waals surface area (Å²) in [5.74, 6) is -0.166. The summed E-state index contributed by atoms with van der Waals surface area (Å²) in [6, 6.07) is 30.3. The normalized spacial score (nSPS) is 11.6. The van der Waals surface area contributed by atoms with E-state index in [2.05, 4.69) is 16.0 Å². The van der Waals surface area contributed by atoms with Gasteiger partial charge in [-0.05, 0) is 67.6 Å². The molecule has 0 radical (unpaired) electrons. The van der Waals surface area contributed by atoms with Crippen LogP contribution < -0.4 is 25.4 Å². The zero-order valence-electron chi connectivity index (χ0n) is 23.4. The monoisotopic (exact) mass is 581 g/mol. The molecule has 0 saturated heterocycles. The molecule has 3 N–H and O–H groups in total. The highest BCUT2D eigenvalue weighted by molar-refractivity contribution is 8.00. The number of hydrogen-bond acceptors (Lipinski definition) is 6. The first-order valence-electron chi connectivity index (χ1n) is 13.1. The second-order valence-corrected chi connectivity index (χ2v) is 10.5. The van der Waals surface area contributed by atoms with Crippen LogP contribution in [0.3, 0.4) is 0 Å². The Morgan fingerprint density at radius 1 is 0.738 bits per heavy atom. The van der Waals surface area contributed by atoms with Crippen molar-refractivity contribution in [3.05, 3.63) is 120 Å². The fourth-order valence-electron chi connectivity index (χ4n) is 3.96. The zero-order chi connectivity index (χ0) is 29.9. The van der Waals surface area contributed by atoms with E-state index in [0.717, 1.165) is 10.6 Å². The summed E-state index contributed by atoms with van der Waals surface area (Å²) >= 11 is 1.40. The Bertz CT molecular complexity index is 1560. The molecular weight excluding hydrogens is 550 g/mol. The zero-order valence-corrected chi connectivity index (χ0v) is 24.2. The summed E-state index contributed by atoms with van der Waals surface area (Å²) in [7, 11) is 3.03. The van der Waals surface area contributed by atoms with Crippen LogP contribution in [0.15, 0.2) is 114 Å². The number of hydrogen-bond donors (Lipinski definition) is 3. The number of para-hydroxylation sites is 2. The van der Waals surface area contributed by atoms with Gasteiger partial charge in [-0.1, -0.05) is 48.5 Å². The van der Waals surface area contributed by atoms with Crippen molar-refractivity contribution in [2.45, 2.75) is 17.1 Å². The van der Waals surface area contributed by atoms with E-state index in [0.29, 0.717) is 28.3 Å². The molecule has 1 unspecified atom stereocenters.